The molecule has 0 saturated carbocycles. The Kier molecular flexibility index (Phi) is 3.16. The van der Waals surface area contributed by atoms with Gasteiger partial charge < -0.3 is 10.0 Å². The van der Waals surface area contributed by atoms with Crippen LogP contribution in [0.3, 0.4) is 0 Å². The minimum Gasteiger partial charge on any atom is -0.480 e. The van der Waals surface area contributed by atoms with E-state index in [2.05, 4.69) is 0 Å². The van der Waals surface area contributed by atoms with E-state index in [-0.39, 0.29) is 18.4 Å². The molecule has 1 fully saturated rings. The number of amides is 2. The van der Waals surface area contributed by atoms with Crippen LogP contribution in [0.2, 0.25) is 0 Å². The fraction of sp³-hybridized carbons (Fsp3) is 0.357. The maximum absolute atomic E-state index is 12.7. The smallest absolute Gasteiger partial charge is 0.323 e. The predicted molar refractivity (Wildman–Crippen MR) is 77.0 cm³/mol. The molecule has 2 aliphatic rings. The first-order chi connectivity index (χ1) is 9.95. The van der Waals surface area contributed by atoms with Crippen molar-refractivity contribution in [1.82, 2.24) is 4.90 Å². The van der Waals surface area contributed by atoms with Crippen LogP contribution in [0.15, 0.2) is 29.2 Å². The molecule has 0 aliphatic carbocycles. The summed E-state index contributed by atoms with van der Waals surface area (Å²) in [6.45, 7) is -0.375. The lowest BCUT2D eigenvalue weighted by atomic mass is 10.1. The first-order valence-corrected chi connectivity index (χ1v) is 7.36. The van der Waals surface area contributed by atoms with Crippen LogP contribution in [0.1, 0.15) is 12.8 Å². The van der Waals surface area contributed by atoms with Gasteiger partial charge in [-0.2, -0.15) is 0 Å². The highest BCUT2D eigenvalue weighted by Gasteiger charge is 2.58. The lowest BCUT2D eigenvalue weighted by Gasteiger charge is -2.32. The van der Waals surface area contributed by atoms with E-state index in [1.165, 1.54) is 28.6 Å². The second-order valence-corrected chi connectivity index (χ2v) is 6.46. The van der Waals surface area contributed by atoms with E-state index >= 15 is 0 Å². The van der Waals surface area contributed by atoms with Gasteiger partial charge in [0.05, 0.1) is 5.69 Å². The molecule has 21 heavy (non-hydrogen) atoms. The topological polar surface area (TPSA) is 77.9 Å². The van der Waals surface area contributed by atoms with Crippen molar-refractivity contribution in [2.75, 3.05) is 18.5 Å². The van der Waals surface area contributed by atoms with E-state index in [1.54, 1.807) is 0 Å². The Labute approximate surface area is 125 Å². The van der Waals surface area contributed by atoms with E-state index in [4.69, 9.17) is 5.11 Å². The number of para-hydroxylation sites is 1. The molecule has 1 atom stereocenters. The summed E-state index contributed by atoms with van der Waals surface area (Å²) in [5, 5.41) is 8.86. The molecular weight excluding hydrogens is 292 g/mol. The maximum Gasteiger partial charge on any atom is 0.323 e. The number of carboxylic acid groups (broad SMARTS) is 1. The Morgan fingerprint density at radius 2 is 2.14 bits per heavy atom. The van der Waals surface area contributed by atoms with Gasteiger partial charge in [0.2, 0.25) is 5.91 Å². The summed E-state index contributed by atoms with van der Waals surface area (Å²) in [4.78, 5) is 38.3. The van der Waals surface area contributed by atoms with E-state index in [0.29, 0.717) is 12.8 Å². The zero-order valence-electron chi connectivity index (χ0n) is 11.4. The summed E-state index contributed by atoms with van der Waals surface area (Å²) in [6, 6.07) is 7.37. The van der Waals surface area contributed by atoms with Crippen molar-refractivity contribution < 1.29 is 19.5 Å². The molecule has 1 unspecified atom stereocenters. The Morgan fingerprint density at radius 3 is 2.86 bits per heavy atom. The molecule has 0 bridgehead atoms. The fourth-order valence-corrected chi connectivity index (χ4v) is 4.37. The van der Waals surface area contributed by atoms with Gasteiger partial charge in [-0.1, -0.05) is 23.9 Å². The lowest BCUT2D eigenvalue weighted by Crippen LogP contribution is -2.53. The zero-order chi connectivity index (χ0) is 15.2. The van der Waals surface area contributed by atoms with E-state index in [1.807, 2.05) is 24.3 Å². The average Bonchev–Trinajstić information content (AvgIpc) is 2.93. The van der Waals surface area contributed by atoms with Crippen molar-refractivity contribution in [3.8, 4) is 0 Å². The molecule has 2 aliphatic heterocycles. The third-order valence-electron chi connectivity index (χ3n) is 3.73. The number of hydrogen-bond acceptors (Lipinski definition) is 4. The normalized spacial score (nSPS) is 22.9. The second-order valence-electron chi connectivity index (χ2n) is 5.14. The standard InChI is InChI=1S/C14H14N2O4S/c1-15(8-12(18)19)13(20)14-7-6-11(17)16(14)9-4-2-3-5-10(9)21-14/h2-5H,6-8H2,1H3,(H,18,19). The maximum atomic E-state index is 12.7. The van der Waals surface area contributed by atoms with Gasteiger partial charge in [0, 0.05) is 18.4 Å². The van der Waals surface area contributed by atoms with Gasteiger partial charge in [-0.15, -0.1) is 0 Å². The van der Waals surface area contributed by atoms with E-state index in [9.17, 15) is 14.4 Å². The van der Waals surface area contributed by atoms with Gasteiger partial charge in [0.25, 0.3) is 5.91 Å². The molecule has 2 heterocycles. The van der Waals surface area contributed by atoms with Gasteiger partial charge >= 0.3 is 5.97 Å². The van der Waals surface area contributed by atoms with Gasteiger partial charge in [-0.25, -0.2) is 0 Å². The van der Waals surface area contributed by atoms with Crippen LogP contribution in [0.25, 0.3) is 0 Å². The molecule has 1 N–H and O–H groups in total. The summed E-state index contributed by atoms with van der Waals surface area (Å²) in [5.41, 5.74) is 0.738. The molecule has 0 radical (unpaired) electrons. The number of thioether (sulfide) groups is 1. The van der Waals surface area contributed by atoms with Crippen LogP contribution < -0.4 is 4.90 Å². The highest BCUT2D eigenvalue weighted by Crippen LogP contribution is 2.56. The number of carboxylic acids is 1. The molecule has 1 aromatic rings. The minimum absolute atomic E-state index is 0.0930. The Balaban J connectivity index is 1.99. The zero-order valence-corrected chi connectivity index (χ0v) is 12.2. The second kappa shape index (κ2) is 4.77. The number of benzene rings is 1. The van der Waals surface area contributed by atoms with Crippen LogP contribution in [-0.4, -0.2) is 46.3 Å². The molecule has 1 saturated heterocycles. The fourth-order valence-electron chi connectivity index (χ4n) is 2.86. The molecule has 0 aromatic heterocycles. The predicted octanol–water partition coefficient (Wildman–Crippen LogP) is 1.16. The molecule has 2 amide bonds. The van der Waals surface area contributed by atoms with Crippen LogP contribution in [0, 0.1) is 0 Å². The van der Waals surface area contributed by atoms with Crippen LogP contribution in [0.5, 0.6) is 0 Å². The number of aliphatic carboxylic acids is 1. The number of rotatable bonds is 3. The van der Waals surface area contributed by atoms with Crippen molar-refractivity contribution in [3.05, 3.63) is 24.3 Å². The Hall–Kier alpha value is -2.02. The summed E-state index contributed by atoms with van der Waals surface area (Å²) >= 11 is 1.34. The molecular formula is C14H14N2O4S. The quantitative estimate of drug-likeness (QED) is 0.906. The number of carbonyl (C=O) groups excluding carboxylic acids is 2. The largest absolute Gasteiger partial charge is 0.480 e. The minimum atomic E-state index is -1.07. The third-order valence-corrected chi connectivity index (χ3v) is 5.19. The number of fused-ring (bicyclic) bond motifs is 3. The third kappa shape index (κ3) is 1.99. The van der Waals surface area contributed by atoms with E-state index < -0.39 is 10.8 Å². The van der Waals surface area contributed by atoms with Gasteiger partial charge in [0.15, 0.2) is 4.87 Å². The summed E-state index contributed by atoms with van der Waals surface area (Å²) in [5.74, 6) is -1.50. The van der Waals surface area contributed by atoms with E-state index in [0.717, 1.165) is 10.6 Å². The van der Waals surface area contributed by atoms with Gasteiger partial charge in [0.1, 0.15) is 6.54 Å². The monoisotopic (exact) mass is 306 g/mol. The molecule has 0 spiro atoms. The SMILES string of the molecule is CN(CC(=O)O)C(=O)C12CCC(=O)N1c1ccccc1S2. The van der Waals surface area contributed by atoms with Crippen molar-refractivity contribution in [2.45, 2.75) is 22.6 Å². The highest BCUT2D eigenvalue weighted by atomic mass is 32.2. The summed E-state index contributed by atoms with van der Waals surface area (Å²) < 4.78 is 0. The first-order valence-electron chi connectivity index (χ1n) is 6.54. The average molecular weight is 306 g/mol. The summed E-state index contributed by atoms with van der Waals surface area (Å²) in [7, 11) is 1.45. The van der Waals surface area contributed by atoms with Crippen LogP contribution in [0.4, 0.5) is 5.69 Å². The van der Waals surface area contributed by atoms with Crippen molar-refractivity contribution in [1.29, 1.82) is 0 Å². The van der Waals surface area contributed by atoms with Crippen molar-refractivity contribution in [3.63, 3.8) is 0 Å². The highest BCUT2D eigenvalue weighted by molar-refractivity contribution is 8.02. The molecule has 1 aromatic carbocycles. The number of likely N-dealkylation sites (N-methyl/N-ethyl adjacent to an activating group) is 1. The number of hydrogen-bond donors (Lipinski definition) is 1. The number of nitrogens with zero attached hydrogens (tertiary/aromatic N) is 2. The summed E-state index contributed by atoms with van der Waals surface area (Å²) in [6.07, 6.45) is 0.696. The molecule has 3 rings (SSSR count). The van der Waals surface area contributed by atoms with Crippen molar-refractivity contribution >= 4 is 35.2 Å². The lowest BCUT2D eigenvalue weighted by molar-refractivity contribution is -0.144. The van der Waals surface area contributed by atoms with Crippen LogP contribution in [-0.2, 0) is 14.4 Å². The Bertz CT molecular complexity index is 648. The Morgan fingerprint density at radius 1 is 1.43 bits per heavy atom. The van der Waals surface area contributed by atoms with Crippen molar-refractivity contribution in [2.24, 2.45) is 0 Å². The number of anilines is 1. The molecule has 7 heteroatoms. The number of carbonyl (C=O) groups is 3. The van der Waals surface area contributed by atoms with Crippen LogP contribution >= 0.6 is 11.8 Å². The van der Waals surface area contributed by atoms with Gasteiger partial charge in [-0.3, -0.25) is 19.3 Å². The molecule has 6 nitrogen and oxygen atoms in total. The van der Waals surface area contributed by atoms with Gasteiger partial charge in [-0.05, 0) is 18.6 Å². The first kappa shape index (κ1) is 13.9. The molecule has 110 valence electrons.